The van der Waals surface area contributed by atoms with Gasteiger partial charge in [-0.25, -0.2) is 0 Å². The molecule has 1 N–H and O–H groups in total. The molecule has 0 saturated carbocycles. The maximum atomic E-state index is 13.0. The molecule has 0 spiro atoms. The van der Waals surface area contributed by atoms with E-state index in [4.69, 9.17) is 0 Å². The Bertz CT molecular complexity index is 1030. The van der Waals surface area contributed by atoms with Gasteiger partial charge in [0.2, 0.25) is 11.8 Å². The Labute approximate surface area is 175 Å². The average Bonchev–Trinajstić information content (AvgIpc) is 2.77. The standard InChI is InChI=1S/C23H25N5O2/c1-27(16-19-6-2-5-18-14-25-9-7-20(18)19)22(29)12-21-23(30)26-10-11-28(21)15-17-4-3-8-24-13-17/h2-9,13-14,21H,10-12,15-16H2,1H3,(H,26,30)/t21-/m0/s1. The number of hydrogen-bond donors (Lipinski definition) is 1. The number of nitrogens with zero attached hydrogens (tertiary/aromatic N) is 4. The molecule has 1 atom stereocenters. The summed E-state index contributed by atoms with van der Waals surface area (Å²) in [6, 6.07) is 11.4. The minimum absolute atomic E-state index is 0.0562. The zero-order valence-electron chi connectivity index (χ0n) is 17.0. The lowest BCUT2D eigenvalue weighted by Crippen LogP contribution is -2.56. The molecule has 0 unspecified atom stereocenters. The van der Waals surface area contributed by atoms with Gasteiger partial charge in [0.05, 0.1) is 12.5 Å². The first-order chi connectivity index (χ1) is 14.6. The van der Waals surface area contributed by atoms with Crippen LogP contribution in [-0.4, -0.2) is 57.8 Å². The molecule has 1 aromatic carbocycles. The quantitative estimate of drug-likeness (QED) is 0.681. The SMILES string of the molecule is CN(Cc1cccc2cnccc12)C(=O)C[C@H]1C(=O)NCCN1Cc1cccnc1. The average molecular weight is 403 g/mol. The van der Waals surface area contributed by atoms with Crippen molar-refractivity contribution in [1.82, 2.24) is 25.1 Å². The van der Waals surface area contributed by atoms with Gasteiger partial charge in [-0.2, -0.15) is 0 Å². The molecular weight excluding hydrogens is 378 g/mol. The first kappa shape index (κ1) is 20.0. The molecule has 4 rings (SSSR count). The van der Waals surface area contributed by atoms with Crippen LogP contribution in [0.1, 0.15) is 17.5 Å². The molecule has 30 heavy (non-hydrogen) atoms. The highest BCUT2D eigenvalue weighted by Crippen LogP contribution is 2.20. The van der Waals surface area contributed by atoms with Crippen molar-refractivity contribution >= 4 is 22.6 Å². The van der Waals surface area contributed by atoms with Crippen LogP contribution >= 0.6 is 0 Å². The second-order valence-electron chi connectivity index (χ2n) is 7.61. The van der Waals surface area contributed by atoms with Crippen molar-refractivity contribution < 1.29 is 9.59 Å². The molecule has 0 aliphatic carbocycles. The van der Waals surface area contributed by atoms with Gasteiger partial charge in [0.1, 0.15) is 0 Å². The zero-order chi connectivity index (χ0) is 20.9. The molecule has 7 heteroatoms. The number of carbonyl (C=O) groups excluding carboxylic acids is 2. The Morgan fingerprint density at radius 1 is 1.17 bits per heavy atom. The number of fused-ring (bicyclic) bond motifs is 1. The fourth-order valence-electron chi connectivity index (χ4n) is 3.89. The van der Waals surface area contributed by atoms with Crippen LogP contribution in [-0.2, 0) is 22.7 Å². The molecule has 1 aliphatic rings. The largest absolute Gasteiger partial charge is 0.353 e. The van der Waals surface area contributed by atoms with Crippen molar-refractivity contribution in [2.45, 2.75) is 25.6 Å². The second kappa shape index (κ2) is 9.00. The van der Waals surface area contributed by atoms with Gasteiger partial charge in [-0.3, -0.25) is 24.5 Å². The number of nitrogens with one attached hydrogen (secondary N) is 1. The molecule has 0 radical (unpaired) electrons. The van der Waals surface area contributed by atoms with Gasteiger partial charge in [-0.05, 0) is 28.6 Å². The number of piperazine rings is 1. The highest BCUT2D eigenvalue weighted by molar-refractivity contribution is 5.89. The van der Waals surface area contributed by atoms with Crippen LogP contribution in [0.2, 0.25) is 0 Å². The lowest BCUT2D eigenvalue weighted by Gasteiger charge is -2.35. The molecule has 2 amide bonds. The normalized spacial score (nSPS) is 17.0. The van der Waals surface area contributed by atoms with Crippen LogP contribution in [0.25, 0.3) is 10.8 Å². The highest BCUT2D eigenvalue weighted by atomic mass is 16.2. The summed E-state index contributed by atoms with van der Waals surface area (Å²) in [5.74, 6) is -0.151. The molecule has 0 bridgehead atoms. The van der Waals surface area contributed by atoms with Gasteiger partial charge in [0.25, 0.3) is 0 Å². The topological polar surface area (TPSA) is 78.4 Å². The minimum atomic E-state index is -0.481. The zero-order valence-corrected chi connectivity index (χ0v) is 17.0. The van der Waals surface area contributed by atoms with Crippen LogP contribution in [0, 0.1) is 0 Å². The molecule has 1 aliphatic heterocycles. The number of benzene rings is 1. The molecule has 154 valence electrons. The maximum absolute atomic E-state index is 13.0. The van der Waals surface area contributed by atoms with Crippen molar-refractivity contribution in [2.24, 2.45) is 0 Å². The predicted octanol–water partition coefficient (Wildman–Crippen LogP) is 1.98. The van der Waals surface area contributed by atoms with Crippen molar-refractivity contribution in [3.63, 3.8) is 0 Å². The molecule has 1 fully saturated rings. The van der Waals surface area contributed by atoms with E-state index in [9.17, 15) is 9.59 Å². The number of rotatable bonds is 6. The molecule has 2 aromatic heterocycles. The summed E-state index contributed by atoms with van der Waals surface area (Å²) < 4.78 is 0. The van der Waals surface area contributed by atoms with E-state index in [0.717, 1.165) is 21.9 Å². The first-order valence-electron chi connectivity index (χ1n) is 10.1. The van der Waals surface area contributed by atoms with Crippen molar-refractivity contribution in [3.05, 3.63) is 72.3 Å². The van der Waals surface area contributed by atoms with Gasteiger partial charge in [-0.1, -0.05) is 24.3 Å². The fourth-order valence-corrected chi connectivity index (χ4v) is 3.89. The Hall–Kier alpha value is -3.32. The summed E-state index contributed by atoms with van der Waals surface area (Å²) in [4.78, 5) is 37.6. The Morgan fingerprint density at radius 2 is 2.03 bits per heavy atom. The van der Waals surface area contributed by atoms with Gasteiger partial charge >= 0.3 is 0 Å². The van der Waals surface area contributed by atoms with Crippen LogP contribution in [0.4, 0.5) is 0 Å². The third kappa shape index (κ3) is 4.46. The van der Waals surface area contributed by atoms with Crippen molar-refractivity contribution in [1.29, 1.82) is 0 Å². The number of aromatic nitrogens is 2. The summed E-state index contributed by atoms with van der Waals surface area (Å²) in [5, 5.41) is 5.02. The molecule has 1 saturated heterocycles. The number of pyridine rings is 2. The maximum Gasteiger partial charge on any atom is 0.237 e. The summed E-state index contributed by atoms with van der Waals surface area (Å²) in [7, 11) is 1.79. The van der Waals surface area contributed by atoms with E-state index in [2.05, 4.69) is 20.2 Å². The predicted molar refractivity (Wildman–Crippen MR) is 114 cm³/mol. The van der Waals surface area contributed by atoms with Crippen LogP contribution in [0.15, 0.2) is 61.2 Å². The summed E-state index contributed by atoms with van der Waals surface area (Å²) in [6.45, 7) is 2.37. The number of carbonyl (C=O) groups is 2. The lowest BCUT2D eigenvalue weighted by atomic mass is 10.0. The van der Waals surface area contributed by atoms with Crippen LogP contribution < -0.4 is 5.32 Å². The van der Waals surface area contributed by atoms with E-state index in [0.29, 0.717) is 26.2 Å². The Kier molecular flexibility index (Phi) is 5.99. The van der Waals surface area contributed by atoms with Gasteiger partial charge < -0.3 is 10.2 Å². The molecular formula is C23H25N5O2. The second-order valence-corrected chi connectivity index (χ2v) is 7.61. The van der Waals surface area contributed by atoms with E-state index in [-0.39, 0.29) is 18.2 Å². The third-order valence-electron chi connectivity index (χ3n) is 5.52. The third-order valence-corrected chi connectivity index (χ3v) is 5.52. The lowest BCUT2D eigenvalue weighted by molar-refractivity contribution is -0.138. The first-order valence-corrected chi connectivity index (χ1v) is 10.1. The van der Waals surface area contributed by atoms with Crippen molar-refractivity contribution in [2.75, 3.05) is 20.1 Å². The van der Waals surface area contributed by atoms with E-state index in [1.54, 1.807) is 30.5 Å². The number of hydrogen-bond acceptors (Lipinski definition) is 5. The van der Waals surface area contributed by atoms with Gasteiger partial charge in [0.15, 0.2) is 0 Å². The summed E-state index contributed by atoms with van der Waals surface area (Å²) in [5.41, 5.74) is 2.09. The fraction of sp³-hybridized carbons (Fsp3) is 0.304. The Balaban J connectivity index is 1.45. The number of amides is 2. The molecule has 3 aromatic rings. The molecule has 7 nitrogen and oxygen atoms in total. The van der Waals surface area contributed by atoms with E-state index < -0.39 is 6.04 Å². The van der Waals surface area contributed by atoms with E-state index in [1.165, 1.54) is 0 Å². The summed E-state index contributed by atoms with van der Waals surface area (Å²) in [6.07, 6.45) is 7.26. The van der Waals surface area contributed by atoms with Crippen molar-refractivity contribution in [3.8, 4) is 0 Å². The minimum Gasteiger partial charge on any atom is -0.353 e. The Morgan fingerprint density at radius 3 is 2.87 bits per heavy atom. The van der Waals surface area contributed by atoms with E-state index >= 15 is 0 Å². The van der Waals surface area contributed by atoms with Crippen LogP contribution in [0.5, 0.6) is 0 Å². The van der Waals surface area contributed by atoms with Gasteiger partial charge in [0, 0.05) is 63.4 Å². The van der Waals surface area contributed by atoms with Crippen LogP contribution in [0.3, 0.4) is 0 Å². The monoisotopic (exact) mass is 403 g/mol. The van der Waals surface area contributed by atoms with Gasteiger partial charge in [-0.15, -0.1) is 0 Å². The molecule has 3 heterocycles. The van der Waals surface area contributed by atoms with E-state index in [1.807, 2.05) is 42.6 Å². The summed E-state index contributed by atoms with van der Waals surface area (Å²) >= 11 is 0. The highest BCUT2D eigenvalue weighted by Gasteiger charge is 2.32. The smallest absolute Gasteiger partial charge is 0.237 e.